The van der Waals surface area contributed by atoms with Crippen LogP contribution in [0.5, 0.6) is 0 Å². The van der Waals surface area contributed by atoms with E-state index in [0.717, 1.165) is 60.9 Å². The van der Waals surface area contributed by atoms with Gasteiger partial charge in [-0.2, -0.15) is 0 Å². The summed E-state index contributed by atoms with van der Waals surface area (Å²) in [6, 6.07) is 64.7. The number of hydrogen-bond donors (Lipinski definition) is 0. The first-order valence-corrected chi connectivity index (χ1v) is 19.3. The van der Waals surface area contributed by atoms with Crippen LogP contribution >= 0.6 is 0 Å². The molecule has 1 aliphatic rings. The van der Waals surface area contributed by atoms with Crippen molar-refractivity contribution in [2.75, 3.05) is 0 Å². The summed E-state index contributed by atoms with van der Waals surface area (Å²) < 4.78 is 11.0. The van der Waals surface area contributed by atoms with Crippen LogP contribution in [0.2, 0.25) is 0 Å². The molecule has 57 heavy (non-hydrogen) atoms. The van der Waals surface area contributed by atoms with Crippen molar-refractivity contribution in [2.45, 2.75) is 0 Å². The highest BCUT2D eigenvalue weighted by molar-refractivity contribution is 6.30. The molecule has 1 aliphatic heterocycles. The molecule has 0 radical (unpaired) electrons. The standard InChI is InChI=1S/C52H30N4O/c1-2-14-31(15-3-1)42-30-43(32-26-27-48-39(28-32)37-20-9-13-25-47(37)57-48)54-52(53-42)56-45-23-11-7-19-36(45)41-29-40-34-17-5-4-16-33(34)35-18-6-10-22-44(35)55-46-24-12-8-21-38(46)49(50(40)55)51(41)56/h1-30H. The molecule has 0 unspecified atom stereocenters. The molecule has 0 fully saturated rings. The van der Waals surface area contributed by atoms with Crippen molar-refractivity contribution in [1.29, 1.82) is 0 Å². The third-order valence-corrected chi connectivity index (χ3v) is 11.9. The van der Waals surface area contributed by atoms with Crippen molar-refractivity contribution >= 4 is 65.6 Å². The van der Waals surface area contributed by atoms with E-state index in [-0.39, 0.29) is 0 Å². The van der Waals surface area contributed by atoms with Gasteiger partial charge in [0.15, 0.2) is 0 Å². The lowest BCUT2D eigenvalue weighted by Crippen LogP contribution is -2.04. The Labute approximate surface area is 326 Å². The maximum atomic E-state index is 6.23. The predicted molar refractivity (Wildman–Crippen MR) is 233 cm³/mol. The van der Waals surface area contributed by atoms with Crippen LogP contribution in [0.1, 0.15) is 0 Å². The van der Waals surface area contributed by atoms with E-state index < -0.39 is 0 Å². The zero-order chi connectivity index (χ0) is 37.2. The molecule has 0 atom stereocenters. The Balaban J connectivity index is 1.19. The van der Waals surface area contributed by atoms with Gasteiger partial charge in [0.1, 0.15) is 11.2 Å². The topological polar surface area (TPSA) is 48.8 Å². The number of hydrogen-bond acceptors (Lipinski definition) is 3. The van der Waals surface area contributed by atoms with Gasteiger partial charge in [0.05, 0.1) is 39.1 Å². The fourth-order valence-electron chi connectivity index (χ4n) is 9.44. The minimum Gasteiger partial charge on any atom is -0.456 e. The van der Waals surface area contributed by atoms with Crippen LogP contribution in [0.4, 0.5) is 0 Å². The highest BCUT2D eigenvalue weighted by Crippen LogP contribution is 2.50. The zero-order valence-electron chi connectivity index (χ0n) is 30.5. The van der Waals surface area contributed by atoms with Crippen LogP contribution in [-0.2, 0) is 0 Å². The second kappa shape index (κ2) is 11.4. The largest absolute Gasteiger partial charge is 0.456 e. The average Bonchev–Trinajstić information content (AvgIpc) is 3.91. The molecule has 0 bridgehead atoms. The van der Waals surface area contributed by atoms with E-state index >= 15 is 0 Å². The SMILES string of the molecule is c1ccc(-c2cc(-c3ccc4oc5ccccc5c4c3)nc(-n3c4ccccc4c4cc5c6c(c7ccccc7n6-c6ccccc6-c6ccccc6-5)c43)n2)cc1. The molecular formula is C52H30N4O. The fraction of sp³-hybridized carbons (Fsp3) is 0. The molecule has 5 heteroatoms. The van der Waals surface area contributed by atoms with Gasteiger partial charge in [-0.25, -0.2) is 9.97 Å². The van der Waals surface area contributed by atoms with Gasteiger partial charge in [0, 0.05) is 54.6 Å². The van der Waals surface area contributed by atoms with Crippen molar-refractivity contribution in [3.8, 4) is 56.4 Å². The molecule has 0 aliphatic carbocycles. The Kier molecular flexibility index (Phi) is 6.10. The molecule has 0 spiro atoms. The fourth-order valence-corrected chi connectivity index (χ4v) is 9.44. The number of para-hydroxylation sites is 4. The van der Waals surface area contributed by atoms with E-state index in [2.05, 4.69) is 173 Å². The van der Waals surface area contributed by atoms with Crippen LogP contribution in [0.25, 0.3) is 122 Å². The number of nitrogens with zero attached hydrogens (tertiary/aromatic N) is 4. The summed E-state index contributed by atoms with van der Waals surface area (Å²) in [6.45, 7) is 0. The summed E-state index contributed by atoms with van der Waals surface area (Å²) >= 11 is 0. The van der Waals surface area contributed by atoms with E-state index in [0.29, 0.717) is 5.95 Å². The van der Waals surface area contributed by atoms with Crippen molar-refractivity contribution in [2.24, 2.45) is 0 Å². The quantitative estimate of drug-likeness (QED) is 0.182. The number of aromatic nitrogens is 4. The monoisotopic (exact) mass is 726 g/mol. The molecule has 264 valence electrons. The summed E-state index contributed by atoms with van der Waals surface area (Å²) in [7, 11) is 0. The lowest BCUT2D eigenvalue weighted by atomic mass is 9.92. The van der Waals surface area contributed by atoms with Crippen LogP contribution < -0.4 is 0 Å². The molecule has 5 nitrogen and oxygen atoms in total. The molecule has 12 aromatic rings. The average molecular weight is 727 g/mol. The van der Waals surface area contributed by atoms with Crippen LogP contribution in [0, 0.1) is 0 Å². The van der Waals surface area contributed by atoms with E-state index in [9.17, 15) is 0 Å². The zero-order valence-corrected chi connectivity index (χ0v) is 30.5. The normalized spacial score (nSPS) is 12.2. The van der Waals surface area contributed by atoms with E-state index in [4.69, 9.17) is 14.4 Å². The molecule has 0 saturated heterocycles. The number of benzene rings is 8. The van der Waals surface area contributed by atoms with Gasteiger partial charge >= 0.3 is 0 Å². The first-order valence-electron chi connectivity index (χ1n) is 19.3. The maximum Gasteiger partial charge on any atom is 0.235 e. The summed E-state index contributed by atoms with van der Waals surface area (Å²) in [5, 5.41) is 6.84. The minimum absolute atomic E-state index is 0.622. The predicted octanol–water partition coefficient (Wildman–Crippen LogP) is 13.6. The van der Waals surface area contributed by atoms with E-state index in [1.807, 2.05) is 18.2 Å². The van der Waals surface area contributed by atoms with Crippen molar-refractivity contribution in [1.82, 2.24) is 19.1 Å². The van der Waals surface area contributed by atoms with Gasteiger partial charge < -0.3 is 8.98 Å². The second-order valence-electron chi connectivity index (χ2n) is 14.9. The number of rotatable bonds is 3. The molecule has 0 N–H and O–H groups in total. The summed E-state index contributed by atoms with van der Waals surface area (Å²) in [5.41, 5.74) is 16.0. The summed E-state index contributed by atoms with van der Waals surface area (Å²) in [5.74, 6) is 0.622. The lowest BCUT2D eigenvalue weighted by Gasteiger charge is -2.13. The van der Waals surface area contributed by atoms with Gasteiger partial charge in [0.2, 0.25) is 5.95 Å². The molecular weight excluding hydrogens is 697 g/mol. The van der Waals surface area contributed by atoms with Crippen LogP contribution in [0.15, 0.2) is 186 Å². The van der Waals surface area contributed by atoms with Gasteiger partial charge in [-0.15, -0.1) is 0 Å². The summed E-state index contributed by atoms with van der Waals surface area (Å²) in [6.07, 6.45) is 0. The third kappa shape index (κ3) is 4.23. The van der Waals surface area contributed by atoms with Gasteiger partial charge in [-0.3, -0.25) is 4.57 Å². The molecule has 5 heterocycles. The van der Waals surface area contributed by atoms with Crippen molar-refractivity contribution in [3.63, 3.8) is 0 Å². The maximum absolute atomic E-state index is 6.23. The third-order valence-electron chi connectivity index (χ3n) is 11.9. The van der Waals surface area contributed by atoms with Crippen molar-refractivity contribution < 1.29 is 4.42 Å². The smallest absolute Gasteiger partial charge is 0.235 e. The van der Waals surface area contributed by atoms with Gasteiger partial charge in [-0.1, -0.05) is 127 Å². The Morgan fingerprint density at radius 1 is 0.368 bits per heavy atom. The highest BCUT2D eigenvalue weighted by Gasteiger charge is 2.29. The first-order chi connectivity index (χ1) is 28.3. The number of fused-ring (bicyclic) bond motifs is 15. The molecule has 4 aromatic heterocycles. The molecule has 0 saturated carbocycles. The Morgan fingerprint density at radius 2 is 0.982 bits per heavy atom. The Bertz CT molecular complexity index is 3640. The van der Waals surface area contributed by atoms with Gasteiger partial charge in [0.25, 0.3) is 0 Å². The second-order valence-corrected chi connectivity index (χ2v) is 14.9. The Morgan fingerprint density at radius 3 is 1.81 bits per heavy atom. The van der Waals surface area contributed by atoms with Crippen LogP contribution in [-0.4, -0.2) is 19.1 Å². The molecule has 13 rings (SSSR count). The van der Waals surface area contributed by atoms with Crippen molar-refractivity contribution in [3.05, 3.63) is 182 Å². The number of furan rings is 1. The van der Waals surface area contributed by atoms with Gasteiger partial charge in [-0.05, 0) is 65.7 Å². The van der Waals surface area contributed by atoms with E-state index in [1.54, 1.807) is 0 Å². The highest BCUT2D eigenvalue weighted by atomic mass is 16.3. The van der Waals surface area contributed by atoms with E-state index in [1.165, 1.54) is 55.1 Å². The first kappa shape index (κ1) is 30.6. The summed E-state index contributed by atoms with van der Waals surface area (Å²) in [4.78, 5) is 10.9. The molecule has 8 aromatic carbocycles. The lowest BCUT2D eigenvalue weighted by molar-refractivity contribution is 0.669. The minimum atomic E-state index is 0.622. The van der Waals surface area contributed by atoms with Crippen LogP contribution in [0.3, 0.4) is 0 Å². The Hall–Kier alpha value is -7.76. The molecule has 0 amide bonds.